The van der Waals surface area contributed by atoms with Crippen LogP contribution < -0.4 is 4.74 Å². The molecule has 1 unspecified atom stereocenters. The zero-order valence-corrected chi connectivity index (χ0v) is 18.3. The van der Waals surface area contributed by atoms with Crippen molar-refractivity contribution in [1.82, 2.24) is 4.90 Å². The summed E-state index contributed by atoms with van der Waals surface area (Å²) in [5, 5.41) is 9.55. The molecule has 0 radical (unpaired) electrons. The molecule has 1 aliphatic carbocycles. The number of carboxylic acid groups (broad SMARTS) is 1. The van der Waals surface area contributed by atoms with Gasteiger partial charge in [-0.25, -0.2) is 9.18 Å². The molecule has 1 saturated carbocycles. The molecule has 1 fully saturated rings. The van der Waals surface area contributed by atoms with Crippen molar-refractivity contribution in [3.8, 4) is 5.75 Å². The summed E-state index contributed by atoms with van der Waals surface area (Å²) in [6.45, 7) is -0.0713. The molecule has 33 heavy (non-hydrogen) atoms. The average Bonchev–Trinajstić information content (AvgIpc) is 3.51. The number of ether oxygens (including phenoxy) is 1. The monoisotopic (exact) mass is 465 g/mol. The lowest BCUT2D eigenvalue weighted by Crippen LogP contribution is -2.32. The van der Waals surface area contributed by atoms with E-state index in [9.17, 15) is 14.0 Å². The first kappa shape index (κ1) is 21.5. The Morgan fingerprint density at radius 1 is 1.06 bits per heavy atom. The quantitative estimate of drug-likeness (QED) is 0.545. The molecule has 1 heterocycles. The number of carbonyl (C=O) groups excluding carboxylic acids is 1. The predicted molar refractivity (Wildman–Crippen MR) is 121 cm³/mol. The van der Waals surface area contributed by atoms with Gasteiger partial charge in [0.05, 0.1) is 6.04 Å². The fourth-order valence-electron chi connectivity index (χ4n) is 4.72. The summed E-state index contributed by atoms with van der Waals surface area (Å²) in [7, 11) is 0. The van der Waals surface area contributed by atoms with Gasteiger partial charge >= 0.3 is 5.97 Å². The summed E-state index contributed by atoms with van der Waals surface area (Å²) in [6, 6.07) is 18.7. The van der Waals surface area contributed by atoms with Gasteiger partial charge < -0.3 is 14.7 Å². The van der Waals surface area contributed by atoms with E-state index >= 15 is 0 Å². The van der Waals surface area contributed by atoms with Crippen molar-refractivity contribution in [1.29, 1.82) is 0 Å². The number of carbonyl (C=O) groups is 2. The van der Waals surface area contributed by atoms with Gasteiger partial charge in [0.25, 0.3) is 0 Å². The number of nitrogens with zero attached hydrogens (tertiary/aromatic N) is 1. The van der Waals surface area contributed by atoms with Crippen LogP contribution in [0, 0.1) is 11.7 Å². The first-order chi connectivity index (χ1) is 15.9. The van der Waals surface area contributed by atoms with Gasteiger partial charge in [0.15, 0.2) is 6.61 Å². The number of rotatable bonds is 6. The number of hydrogen-bond acceptors (Lipinski definition) is 3. The van der Waals surface area contributed by atoms with Gasteiger partial charge in [0.2, 0.25) is 5.91 Å². The molecule has 3 atom stereocenters. The Morgan fingerprint density at radius 3 is 2.67 bits per heavy atom. The molecule has 0 saturated heterocycles. The van der Waals surface area contributed by atoms with E-state index < -0.39 is 18.6 Å². The average molecular weight is 466 g/mol. The molecule has 0 bridgehead atoms. The third-order valence-corrected chi connectivity index (χ3v) is 6.52. The zero-order chi connectivity index (χ0) is 23.1. The number of fused-ring (bicyclic) bond motifs is 1. The van der Waals surface area contributed by atoms with Gasteiger partial charge in [-0.05, 0) is 59.4 Å². The molecule has 3 aromatic rings. The lowest BCUT2D eigenvalue weighted by atomic mass is 9.97. The smallest absolute Gasteiger partial charge is 0.341 e. The molecule has 0 aromatic heterocycles. The Morgan fingerprint density at radius 2 is 1.88 bits per heavy atom. The summed E-state index contributed by atoms with van der Waals surface area (Å²) in [5.74, 6) is -1.29. The largest absolute Gasteiger partial charge is 0.482 e. The van der Waals surface area contributed by atoms with Crippen molar-refractivity contribution in [3.63, 3.8) is 0 Å². The number of halogens is 2. The van der Waals surface area contributed by atoms with Crippen molar-refractivity contribution in [3.05, 3.63) is 99.8 Å². The standard InChI is InChI=1S/C26H21ClFNO4/c27-17-8-9-23(33-14-24(30)31)22(11-17)25-19-7-2-1-4-16(19)13-29(25)26(32)21-12-20(21)15-5-3-6-18(28)10-15/h1-11,20-21,25H,12-14H2,(H,30,31)/t20-,21+,25?/m0/s1. The highest BCUT2D eigenvalue weighted by molar-refractivity contribution is 6.30. The molecule has 1 amide bonds. The van der Waals surface area contributed by atoms with Gasteiger partial charge in [-0.15, -0.1) is 0 Å². The molecule has 5 nitrogen and oxygen atoms in total. The number of carboxylic acids is 1. The maximum atomic E-state index is 13.7. The number of aliphatic carboxylic acids is 1. The summed E-state index contributed by atoms with van der Waals surface area (Å²) in [6.07, 6.45) is 0.666. The maximum Gasteiger partial charge on any atom is 0.341 e. The third kappa shape index (κ3) is 4.18. The van der Waals surface area contributed by atoms with Crippen LogP contribution in [0.1, 0.15) is 40.6 Å². The first-order valence-electron chi connectivity index (χ1n) is 10.7. The summed E-state index contributed by atoms with van der Waals surface area (Å²) >= 11 is 6.29. The molecule has 1 aliphatic heterocycles. The molecular formula is C26H21ClFNO4. The second-order valence-electron chi connectivity index (χ2n) is 8.44. The Kier molecular flexibility index (Phi) is 5.54. The van der Waals surface area contributed by atoms with Gasteiger partial charge in [0, 0.05) is 23.0 Å². The second kappa shape index (κ2) is 8.52. The Hall–Kier alpha value is -3.38. The second-order valence-corrected chi connectivity index (χ2v) is 8.87. The van der Waals surface area contributed by atoms with Crippen LogP contribution in [0.2, 0.25) is 5.02 Å². The SMILES string of the molecule is O=C(O)COc1ccc(Cl)cc1C1c2ccccc2CN1C(=O)[C@@H]1C[C@H]1c1cccc(F)c1. The van der Waals surface area contributed by atoms with E-state index in [1.54, 1.807) is 29.2 Å². The van der Waals surface area contributed by atoms with Crippen molar-refractivity contribution in [2.75, 3.05) is 6.61 Å². The highest BCUT2D eigenvalue weighted by Gasteiger charge is 2.49. The number of benzene rings is 3. The maximum absolute atomic E-state index is 13.7. The van der Waals surface area contributed by atoms with Gasteiger partial charge in [-0.2, -0.15) is 0 Å². The Bertz CT molecular complexity index is 1250. The first-order valence-corrected chi connectivity index (χ1v) is 11.1. The van der Waals surface area contributed by atoms with Crippen LogP contribution in [0.3, 0.4) is 0 Å². The Balaban J connectivity index is 1.49. The van der Waals surface area contributed by atoms with E-state index in [2.05, 4.69) is 0 Å². The number of amides is 1. The molecule has 5 rings (SSSR count). The summed E-state index contributed by atoms with van der Waals surface area (Å²) in [5.41, 5.74) is 3.44. The van der Waals surface area contributed by atoms with Gasteiger partial charge in [0.1, 0.15) is 11.6 Å². The predicted octanol–water partition coefficient (Wildman–Crippen LogP) is 5.18. The van der Waals surface area contributed by atoms with Crippen molar-refractivity contribution in [2.24, 2.45) is 5.92 Å². The molecule has 168 valence electrons. The fourth-order valence-corrected chi connectivity index (χ4v) is 4.90. The highest BCUT2D eigenvalue weighted by atomic mass is 35.5. The minimum Gasteiger partial charge on any atom is -0.482 e. The molecule has 2 aliphatic rings. The topological polar surface area (TPSA) is 66.8 Å². The molecule has 7 heteroatoms. The van der Waals surface area contributed by atoms with Crippen LogP contribution in [0.4, 0.5) is 4.39 Å². The Labute approximate surface area is 195 Å². The molecule has 1 N–H and O–H groups in total. The van der Waals surface area contributed by atoms with Crippen LogP contribution in [0.5, 0.6) is 5.75 Å². The number of hydrogen-bond donors (Lipinski definition) is 1. The summed E-state index contributed by atoms with van der Waals surface area (Å²) < 4.78 is 19.2. The van der Waals surface area contributed by atoms with Crippen LogP contribution >= 0.6 is 11.6 Å². The van der Waals surface area contributed by atoms with E-state index in [-0.39, 0.29) is 23.6 Å². The normalized spacial score (nSPS) is 20.9. The van der Waals surface area contributed by atoms with Gasteiger partial charge in [-0.3, -0.25) is 4.79 Å². The van der Waals surface area contributed by atoms with Gasteiger partial charge in [-0.1, -0.05) is 48.0 Å². The van der Waals surface area contributed by atoms with Crippen molar-refractivity contribution >= 4 is 23.5 Å². The fraction of sp³-hybridized carbons (Fsp3) is 0.231. The van der Waals surface area contributed by atoms with Crippen LogP contribution in [-0.4, -0.2) is 28.5 Å². The zero-order valence-electron chi connectivity index (χ0n) is 17.6. The van der Waals surface area contributed by atoms with Crippen LogP contribution in [0.25, 0.3) is 0 Å². The lowest BCUT2D eigenvalue weighted by molar-refractivity contribution is -0.139. The minimum atomic E-state index is -1.09. The summed E-state index contributed by atoms with van der Waals surface area (Å²) in [4.78, 5) is 26.5. The minimum absolute atomic E-state index is 0.0142. The van der Waals surface area contributed by atoms with E-state index in [0.29, 0.717) is 29.3 Å². The third-order valence-electron chi connectivity index (χ3n) is 6.29. The van der Waals surface area contributed by atoms with E-state index in [0.717, 1.165) is 16.7 Å². The highest BCUT2D eigenvalue weighted by Crippen LogP contribution is 2.52. The molecular weight excluding hydrogens is 445 g/mol. The van der Waals surface area contributed by atoms with E-state index in [1.165, 1.54) is 12.1 Å². The van der Waals surface area contributed by atoms with E-state index in [1.807, 2.05) is 30.3 Å². The van der Waals surface area contributed by atoms with Crippen molar-refractivity contribution < 1.29 is 23.8 Å². The van der Waals surface area contributed by atoms with E-state index in [4.69, 9.17) is 21.4 Å². The van der Waals surface area contributed by atoms with Crippen LogP contribution in [-0.2, 0) is 16.1 Å². The van der Waals surface area contributed by atoms with Crippen LogP contribution in [0.15, 0.2) is 66.7 Å². The van der Waals surface area contributed by atoms with Crippen molar-refractivity contribution in [2.45, 2.75) is 24.9 Å². The molecule has 0 spiro atoms. The lowest BCUT2D eigenvalue weighted by Gasteiger charge is -2.28. The molecule has 3 aromatic carbocycles.